The van der Waals surface area contributed by atoms with Gasteiger partial charge in [0.25, 0.3) is 11.5 Å². The summed E-state index contributed by atoms with van der Waals surface area (Å²) in [4.78, 5) is 39.5. The molecule has 8 heteroatoms. The molecule has 4 rings (SSSR count). The lowest BCUT2D eigenvalue weighted by molar-refractivity contribution is -0.124. The van der Waals surface area contributed by atoms with E-state index in [-0.39, 0.29) is 28.4 Å². The van der Waals surface area contributed by atoms with Crippen molar-refractivity contribution in [2.24, 2.45) is 7.05 Å². The minimum absolute atomic E-state index is 0.0404. The van der Waals surface area contributed by atoms with Gasteiger partial charge in [0.15, 0.2) is 6.10 Å². The van der Waals surface area contributed by atoms with Crippen molar-refractivity contribution in [1.82, 2.24) is 4.57 Å². The monoisotopic (exact) mass is 506 g/mol. The summed E-state index contributed by atoms with van der Waals surface area (Å²) in [6, 6.07) is 18.4. The van der Waals surface area contributed by atoms with Crippen LogP contribution in [-0.2, 0) is 16.6 Å². The lowest BCUT2D eigenvalue weighted by Crippen LogP contribution is -2.34. The number of pyridine rings is 1. The second-order valence-corrected chi connectivity index (χ2v) is 8.83. The minimum Gasteiger partial charge on any atom is -0.448 e. The zero-order valence-electron chi connectivity index (χ0n) is 20.0. The van der Waals surface area contributed by atoms with E-state index in [4.69, 9.17) is 16.3 Å². The van der Waals surface area contributed by atoms with Crippen LogP contribution in [0, 0.1) is 12.7 Å². The topological polar surface area (TPSA) is 77.4 Å². The van der Waals surface area contributed by atoms with E-state index < -0.39 is 23.8 Å². The highest BCUT2D eigenvalue weighted by Gasteiger charge is 2.28. The molecule has 0 aliphatic heterocycles. The summed E-state index contributed by atoms with van der Waals surface area (Å²) in [7, 11) is 1.50. The molecule has 0 aliphatic rings. The zero-order valence-corrected chi connectivity index (χ0v) is 20.7. The van der Waals surface area contributed by atoms with Crippen molar-refractivity contribution in [3.05, 3.63) is 99.2 Å². The Balaban J connectivity index is 1.75. The van der Waals surface area contributed by atoms with E-state index in [1.54, 1.807) is 31.2 Å². The number of nitrogens with one attached hydrogen (secondary N) is 1. The van der Waals surface area contributed by atoms with Crippen molar-refractivity contribution in [1.29, 1.82) is 0 Å². The van der Waals surface area contributed by atoms with Crippen molar-refractivity contribution >= 4 is 39.9 Å². The van der Waals surface area contributed by atoms with E-state index in [0.717, 1.165) is 17.2 Å². The summed E-state index contributed by atoms with van der Waals surface area (Å²) in [5.74, 6) is -2.03. The molecule has 0 spiro atoms. The van der Waals surface area contributed by atoms with Gasteiger partial charge in [-0.1, -0.05) is 66.6 Å². The average Bonchev–Trinajstić information content (AvgIpc) is 2.87. The molecule has 1 atom stereocenters. The quantitative estimate of drug-likeness (QED) is 0.331. The van der Waals surface area contributed by atoms with Crippen LogP contribution in [0.15, 0.2) is 71.5 Å². The molecular weight excluding hydrogens is 483 g/mol. The van der Waals surface area contributed by atoms with Gasteiger partial charge in [0.05, 0.1) is 5.02 Å². The molecular formula is C28H24ClFN2O4. The third-order valence-corrected chi connectivity index (χ3v) is 6.23. The van der Waals surface area contributed by atoms with E-state index in [1.807, 2.05) is 31.2 Å². The molecule has 0 saturated heterocycles. The molecule has 1 unspecified atom stereocenters. The van der Waals surface area contributed by atoms with Crippen molar-refractivity contribution in [3.8, 4) is 11.1 Å². The number of esters is 1. The third kappa shape index (κ3) is 4.88. The van der Waals surface area contributed by atoms with Crippen LogP contribution in [0.2, 0.25) is 5.02 Å². The lowest BCUT2D eigenvalue weighted by Gasteiger charge is -2.20. The van der Waals surface area contributed by atoms with Gasteiger partial charge in [-0.2, -0.15) is 0 Å². The van der Waals surface area contributed by atoms with Gasteiger partial charge in [0.2, 0.25) is 0 Å². The number of halogens is 2. The molecule has 4 aromatic rings. The van der Waals surface area contributed by atoms with Crippen LogP contribution in [0.5, 0.6) is 0 Å². The van der Waals surface area contributed by atoms with Crippen LogP contribution in [0.1, 0.15) is 29.4 Å². The van der Waals surface area contributed by atoms with Crippen LogP contribution in [0.25, 0.3) is 21.9 Å². The highest BCUT2D eigenvalue weighted by atomic mass is 35.5. The number of rotatable bonds is 6. The number of nitrogens with zero attached hydrogens (tertiary/aromatic N) is 1. The Morgan fingerprint density at radius 2 is 1.72 bits per heavy atom. The Hall–Kier alpha value is -3.97. The van der Waals surface area contributed by atoms with Crippen LogP contribution in [-0.4, -0.2) is 22.5 Å². The molecule has 1 N–H and O–H groups in total. The predicted molar refractivity (Wildman–Crippen MR) is 139 cm³/mol. The summed E-state index contributed by atoms with van der Waals surface area (Å²) in [5, 5.41) is 3.51. The SMILES string of the molecule is CCC(OC(=O)c1c(-c2ccc(C)cc2)c2ccccc2c(=O)n1C)C(=O)Nc1ccc(F)c(Cl)c1. The number of anilines is 1. The average molecular weight is 507 g/mol. The molecule has 3 aromatic carbocycles. The van der Waals surface area contributed by atoms with Gasteiger partial charge in [-0.3, -0.25) is 9.59 Å². The first-order valence-corrected chi connectivity index (χ1v) is 11.7. The van der Waals surface area contributed by atoms with E-state index >= 15 is 0 Å². The zero-order chi connectivity index (χ0) is 26.0. The lowest BCUT2D eigenvalue weighted by atomic mass is 9.96. The summed E-state index contributed by atoms with van der Waals surface area (Å²) >= 11 is 5.80. The summed E-state index contributed by atoms with van der Waals surface area (Å²) in [6.45, 7) is 3.64. The number of fused-ring (bicyclic) bond motifs is 1. The fourth-order valence-electron chi connectivity index (χ4n) is 4.02. The maximum Gasteiger partial charge on any atom is 0.356 e. The fourth-order valence-corrected chi connectivity index (χ4v) is 4.20. The normalized spacial score (nSPS) is 11.8. The van der Waals surface area contributed by atoms with E-state index in [0.29, 0.717) is 16.3 Å². The number of aromatic nitrogens is 1. The smallest absolute Gasteiger partial charge is 0.356 e. The molecule has 0 saturated carbocycles. The van der Waals surface area contributed by atoms with Crippen molar-refractivity contribution in [2.45, 2.75) is 26.4 Å². The number of hydrogen-bond acceptors (Lipinski definition) is 4. The number of aryl methyl sites for hydroxylation is 1. The Labute approximate surface area is 212 Å². The van der Waals surface area contributed by atoms with Crippen molar-refractivity contribution in [2.75, 3.05) is 5.32 Å². The first-order chi connectivity index (χ1) is 17.2. The first-order valence-electron chi connectivity index (χ1n) is 11.4. The molecule has 0 radical (unpaired) electrons. The predicted octanol–water partition coefficient (Wildman–Crippen LogP) is 5.88. The number of hydrogen-bond donors (Lipinski definition) is 1. The Bertz CT molecular complexity index is 1530. The summed E-state index contributed by atoms with van der Waals surface area (Å²) in [6.07, 6.45) is -0.984. The van der Waals surface area contributed by atoms with Crippen molar-refractivity contribution in [3.63, 3.8) is 0 Å². The maximum atomic E-state index is 13.5. The fraction of sp³-hybridized carbons (Fsp3) is 0.179. The van der Waals surface area contributed by atoms with Crippen LogP contribution >= 0.6 is 11.6 Å². The van der Waals surface area contributed by atoms with Gasteiger partial charge < -0.3 is 14.6 Å². The standard InChI is InChI=1S/C28H24ClFN2O4/c1-4-23(26(33)31-18-13-14-22(30)21(29)15-18)36-28(35)25-24(17-11-9-16(2)10-12-17)19-7-5-6-8-20(19)27(34)32(25)3/h5-15,23H,4H2,1-3H3,(H,31,33). The Morgan fingerprint density at radius 3 is 2.36 bits per heavy atom. The molecule has 0 bridgehead atoms. The second-order valence-electron chi connectivity index (χ2n) is 8.42. The number of ether oxygens (including phenoxy) is 1. The van der Waals surface area contributed by atoms with E-state index in [9.17, 15) is 18.8 Å². The molecule has 184 valence electrons. The van der Waals surface area contributed by atoms with Gasteiger partial charge in [-0.05, 0) is 48.6 Å². The molecule has 1 amide bonds. The van der Waals surface area contributed by atoms with Gasteiger partial charge in [-0.25, -0.2) is 9.18 Å². The van der Waals surface area contributed by atoms with Gasteiger partial charge in [0, 0.05) is 23.7 Å². The highest BCUT2D eigenvalue weighted by Crippen LogP contribution is 2.31. The maximum absolute atomic E-state index is 13.5. The molecule has 1 aromatic heterocycles. The first kappa shape index (κ1) is 25.1. The largest absolute Gasteiger partial charge is 0.448 e. The number of benzene rings is 3. The van der Waals surface area contributed by atoms with Crippen LogP contribution < -0.4 is 10.9 Å². The number of carbonyl (C=O) groups is 2. The minimum atomic E-state index is -1.16. The van der Waals surface area contributed by atoms with E-state index in [2.05, 4.69) is 5.32 Å². The van der Waals surface area contributed by atoms with E-state index in [1.165, 1.54) is 23.7 Å². The van der Waals surface area contributed by atoms with Crippen LogP contribution in [0.3, 0.4) is 0 Å². The second kappa shape index (κ2) is 10.3. The Kier molecular flexibility index (Phi) is 7.22. The van der Waals surface area contributed by atoms with Crippen molar-refractivity contribution < 1.29 is 18.7 Å². The molecule has 36 heavy (non-hydrogen) atoms. The van der Waals surface area contributed by atoms with Gasteiger partial charge in [-0.15, -0.1) is 0 Å². The molecule has 6 nitrogen and oxygen atoms in total. The van der Waals surface area contributed by atoms with Gasteiger partial charge in [0.1, 0.15) is 11.5 Å². The number of amides is 1. The third-order valence-electron chi connectivity index (χ3n) is 5.94. The molecule has 1 heterocycles. The summed E-state index contributed by atoms with van der Waals surface area (Å²) in [5.41, 5.74) is 2.27. The molecule has 0 fully saturated rings. The summed E-state index contributed by atoms with van der Waals surface area (Å²) < 4.78 is 20.3. The Morgan fingerprint density at radius 1 is 1.06 bits per heavy atom. The highest BCUT2D eigenvalue weighted by molar-refractivity contribution is 6.31. The van der Waals surface area contributed by atoms with Crippen LogP contribution in [0.4, 0.5) is 10.1 Å². The molecule has 0 aliphatic carbocycles. The number of carbonyl (C=O) groups excluding carboxylic acids is 2. The van der Waals surface area contributed by atoms with Gasteiger partial charge >= 0.3 is 5.97 Å².